The van der Waals surface area contributed by atoms with Gasteiger partial charge in [-0.3, -0.25) is 9.78 Å². The van der Waals surface area contributed by atoms with Crippen molar-refractivity contribution in [3.05, 3.63) is 65.4 Å². The molecule has 5 rings (SSSR count). The number of ether oxygens (including phenoxy) is 2. The van der Waals surface area contributed by atoms with Crippen molar-refractivity contribution in [2.75, 3.05) is 34.4 Å². The fourth-order valence-corrected chi connectivity index (χ4v) is 3.97. The van der Waals surface area contributed by atoms with Crippen LogP contribution in [0.1, 0.15) is 40.7 Å². The maximum absolute atomic E-state index is 13.0. The van der Waals surface area contributed by atoms with Crippen LogP contribution in [0.4, 0.5) is 0 Å². The zero-order chi connectivity index (χ0) is 22.7. The number of amides is 1. The van der Waals surface area contributed by atoms with Crippen LogP contribution in [0.3, 0.4) is 0 Å². The van der Waals surface area contributed by atoms with Gasteiger partial charge in [-0.05, 0) is 82.2 Å². The van der Waals surface area contributed by atoms with Gasteiger partial charge in [-0.2, -0.15) is 0 Å². The molecule has 3 aromatic rings. The molecule has 1 aliphatic heterocycles. The van der Waals surface area contributed by atoms with Gasteiger partial charge in [0.2, 0.25) is 0 Å². The van der Waals surface area contributed by atoms with E-state index in [9.17, 15) is 4.79 Å². The van der Waals surface area contributed by atoms with Crippen molar-refractivity contribution >= 4 is 16.8 Å². The first kappa shape index (κ1) is 22.1. The monoisotopic (exact) mass is 433 g/mol. The van der Waals surface area contributed by atoms with E-state index in [0.29, 0.717) is 11.3 Å². The molecular weight excluding hydrogens is 402 g/mol. The van der Waals surface area contributed by atoms with Gasteiger partial charge in [-0.1, -0.05) is 12.1 Å². The van der Waals surface area contributed by atoms with Gasteiger partial charge in [0.25, 0.3) is 5.91 Å². The topological polar surface area (TPSA) is 63.7 Å². The van der Waals surface area contributed by atoms with E-state index in [0.717, 1.165) is 40.6 Å². The average molecular weight is 434 g/mol. The second-order valence-corrected chi connectivity index (χ2v) is 8.62. The lowest BCUT2D eigenvalue weighted by Gasteiger charge is -2.24. The summed E-state index contributed by atoms with van der Waals surface area (Å²) in [6.45, 7) is 4.57. The Morgan fingerprint density at radius 3 is 2.38 bits per heavy atom. The first-order chi connectivity index (χ1) is 15.5. The predicted octanol–water partition coefficient (Wildman–Crippen LogP) is 4.30. The Hall–Kier alpha value is -3.12. The molecule has 1 aromatic heterocycles. The van der Waals surface area contributed by atoms with E-state index in [1.54, 1.807) is 26.5 Å². The molecule has 0 spiro atoms. The summed E-state index contributed by atoms with van der Waals surface area (Å²) < 4.78 is 10.7. The molecule has 1 saturated carbocycles. The number of methoxy groups -OCH3 is 2. The minimum atomic E-state index is -0.409. The molecule has 6 heteroatoms. The number of aryl methyl sites for hydroxylation is 1. The van der Waals surface area contributed by atoms with Crippen LogP contribution >= 0.6 is 0 Å². The van der Waals surface area contributed by atoms with Gasteiger partial charge in [0.15, 0.2) is 0 Å². The summed E-state index contributed by atoms with van der Waals surface area (Å²) in [5.41, 5.74) is 3.04. The summed E-state index contributed by atoms with van der Waals surface area (Å²) in [6.07, 6.45) is 4.94. The molecule has 168 valence electrons. The standard InChI is InChI=1S/C22H22N2O3.C4H9N/c1-14-6-7-16(26-2)12-18(14)21(25)24-22(8-9-22)19-13-17(27-3)11-15-5-4-10-23-20(15)19;1-5-3-2-4-5/h4-7,10-13H,8-9H2,1-3H3,(H,24,25);2-4H2,1H3. The number of hydrogen-bond donors (Lipinski definition) is 1. The van der Waals surface area contributed by atoms with Crippen LogP contribution in [0.25, 0.3) is 10.9 Å². The highest BCUT2D eigenvalue weighted by Crippen LogP contribution is 2.48. The van der Waals surface area contributed by atoms with Gasteiger partial charge in [-0.25, -0.2) is 0 Å². The molecule has 2 aliphatic rings. The Morgan fingerprint density at radius 2 is 1.78 bits per heavy atom. The van der Waals surface area contributed by atoms with Crippen molar-refractivity contribution < 1.29 is 14.3 Å². The van der Waals surface area contributed by atoms with Crippen molar-refractivity contribution in [3.63, 3.8) is 0 Å². The zero-order valence-electron chi connectivity index (χ0n) is 19.3. The zero-order valence-corrected chi connectivity index (χ0v) is 19.3. The van der Waals surface area contributed by atoms with Crippen molar-refractivity contribution in [2.45, 2.75) is 31.7 Å². The molecule has 0 radical (unpaired) electrons. The number of nitrogens with one attached hydrogen (secondary N) is 1. The number of nitrogens with zero attached hydrogens (tertiary/aromatic N) is 2. The number of carbonyl (C=O) groups is 1. The molecule has 0 unspecified atom stereocenters. The summed E-state index contributed by atoms with van der Waals surface area (Å²) in [5, 5.41) is 4.25. The first-order valence-corrected chi connectivity index (χ1v) is 11.0. The fourth-order valence-electron chi connectivity index (χ4n) is 3.97. The Labute approximate surface area is 189 Å². The van der Waals surface area contributed by atoms with Crippen molar-refractivity contribution in [1.29, 1.82) is 0 Å². The second kappa shape index (κ2) is 9.17. The quantitative estimate of drug-likeness (QED) is 0.650. The van der Waals surface area contributed by atoms with Crippen LogP contribution in [0.5, 0.6) is 11.5 Å². The highest BCUT2D eigenvalue weighted by molar-refractivity contribution is 5.97. The highest BCUT2D eigenvalue weighted by Gasteiger charge is 2.47. The van der Waals surface area contributed by atoms with Crippen molar-refractivity contribution in [1.82, 2.24) is 15.2 Å². The van der Waals surface area contributed by atoms with E-state index in [-0.39, 0.29) is 5.91 Å². The van der Waals surface area contributed by atoms with Gasteiger partial charge in [0, 0.05) is 22.7 Å². The van der Waals surface area contributed by atoms with E-state index in [2.05, 4.69) is 22.2 Å². The minimum absolute atomic E-state index is 0.101. The number of fused-ring (bicyclic) bond motifs is 1. The van der Waals surface area contributed by atoms with Crippen LogP contribution in [0.15, 0.2) is 48.7 Å². The third-order valence-corrected chi connectivity index (χ3v) is 6.30. The van der Waals surface area contributed by atoms with Crippen LogP contribution in [0.2, 0.25) is 0 Å². The van der Waals surface area contributed by atoms with Crippen molar-refractivity contribution in [2.24, 2.45) is 0 Å². The normalized spacial score (nSPS) is 16.4. The first-order valence-electron chi connectivity index (χ1n) is 11.0. The second-order valence-electron chi connectivity index (χ2n) is 8.62. The third-order valence-electron chi connectivity index (χ3n) is 6.30. The molecule has 0 atom stereocenters. The van der Waals surface area contributed by atoms with E-state index in [1.165, 1.54) is 19.5 Å². The summed E-state index contributed by atoms with van der Waals surface area (Å²) in [5.74, 6) is 1.34. The lowest BCUT2D eigenvalue weighted by atomic mass is 9.99. The smallest absolute Gasteiger partial charge is 0.252 e. The van der Waals surface area contributed by atoms with Gasteiger partial charge >= 0.3 is 0 Å². The highest BCUT2D eigenvalue weighted by atomic mass is 16.5. The van der Waals surface area contributed by atoms with Crippen LogP contribution < -0.4 is 14.8 Å². The Balaban J connectivity index is 0.000000433. The summed E-state index contributed by atoms with van der Waals surface area (Å²) >= 11 is 0. The van der Waals surface area contributed by atoms with Crippen molar-refractivity contribution in [3.8, 4) is 11.5 Å². The molecule has 2 heterocycles. The minimum Gasteiger partial charge on any atom is -0.497 e. The molecule has 1 saturated heterocycles. The number of hydrogen-bond acceptors (Lipinski definition) is 5. The maximum atomic E-state index is 13.0. The molecule has 2 aromatic carbocycles. The Kier molecular flexibility index (Phi) is 6.33. The van der Waals surface area contributed by atoms with Gasteiger partial charge < -0.3 is 19.7 Å². The maximum Gasteiger partial charge on any atom is 0.252 e. The lowest BCUT2D eigenvalue weighted by molar-refractivity contribution is 0.0930. The summed E-state index contributed by atoms with van der Waals surface area (Å²) in [4.78, 5) is 19.9. The van der Waals surface area contributed by atoms with Gasteiger partial charge in [0.05, 0.1) is 25.3 Å². The Bertz CT molecular complexity index is 1120. The fraction of sp³-hybridized carbons (Fsp3) is 0.385. The Morgan fingerprint density at radius 1 is 1.06 bits per heavy atom. The molecule has 1 aliphatic carbocycles. The van der Waals surface area contributed by atoms with E-state index < -0.39 is 5.54 Å². The number of carbonyl (C=O) groups excluding carboxylic acids is 1. The van der Waals surface area contributed by atoms with Gasteiger partial charge in [0.1, 0.15) is 11.5 Å². The molecule has 1 N–H and O–H groups in total. The third kappa shape index (κ3) is 4.55. The molecule has 1 amide bonds. The number of aromatic nitrogens is 1. The average Bonchev–Trinajstić information content (AvgIpc) is 3.57. The molecule has 2 fully saturated rings. The summed E-state index contributed by atoms with van der Waals surface area (Å²) in [7, 11) is 5.39. The van der Waals surface area contributed by atoms with Gasteiger partial charge in [-0.15, -0.1) is 0 Å². The largest absolute Gasteiger partial charge is 0.497 e. The number of benzene rings is 2. The van der Waals surface area contributed by atoms with E-state index >= 15 is 0 Å². The number of pyridine rings is 1. The van der Waals surface area contributed by atoms with Crippen LogP contribution in [0, 0.1) is 6.92 Å². The van der Waals surface area contributed by atoms with Crippen LogP contribution in [-0.4, -0.2) is 50.1 Å². The van der Waals surface area contributed by atoms with E-state index in [1.807, 2.05) is 43.3 Å². The summed E-state index contributed by atoms with van der Waals surface area (Å²) in [6, 6.07) is 13.4. The molecule has 0 bridgehead atoms. The number of rotatable bonds is 5. The molecule has 6 nitrogen and oxygen atoms in total. The van der Waals surface area contributed by atoms with Crippen LogP contribution in [-0.2, 0) is 5.54 Å². The van der Waals surface area contributed by atoms with E-state index in [4.69, 9.17) is 9.47 Å². The SMILES string of the molecule is CN1CCC1.COc1ccc(C)c(C(=O)NC2(c3cc(OC)cc4cccnc34)CC2)c1. The number of likely N-dealkylation sites (tertiary alicyclic amines) is 1. The molecule has 32 heavy (non-hydrogen) atoms. The lowest BCUT2D eigenvalue weighted by Crippen LogP contribution is -2.35. The predicted molar refractivity (Wildman–Crippen MR) is 127 cm³/mol. The molecular formula is C26H31N3O3.